The highest BCUT2D eigenvalue weighted by Gasteiger charge is 2.04. The number of ether oxygens (including phenoxy) is 1. The molecule has 0 saturated heterocycles. The summed E-state index contributed by atoms with van der Waals surface area (Å²) >= 11 is 0. The van der Waals surface area contributed by atoms with Gasteiger partial charge in [0.15, 0.2) is 0 Å². The molecular weight excluding hydrogens is 103 g/mol. The first-order chi connectivity index (χ1) is 2.77. The van der Waals surface area contributed by atoms with Crippen molar-refractivity contribution in [3.63, 3.8) is 0 Å². The molecule has 4 heteroatoms. The molecule has 0 spiro atoms. The molecule has 0 radical (unpaired) electrons. The third-order valence-electron chi connectivity index (χ3n) is 0.240. The SMILES string of the molecule is COC[P+](=O)O. The van der Waals surface area contributed by atoms with Crippen LogP contribution in [0.2, 0.25) is 0 Å². The van der Waals surface area contributed by atoms with E-state index in [0.29, 0.717) is 0 Å². The second-order valence-corrected chi connectivity index (χ2v) is 1.73. The zero-order chi connectivity index (χ0) is 4.99. The second kappa shape index (κ2) is 3.22. The molecule has 0 aromatic heterocycles. The van der Waals surface area contributed by atoms with Gasteiger partial charge in [0.25, 0.3) is 6.35 Å². The maximum atomic E-state index is 9.62. The van der Waals surface area contributed by atoms with Crippen LogP contribution in [-0.4, -0.2) is 18.4 Å². The highest BCUT2D eigenvalue weighted by Crippen LogP contribution is 2.09. The fourth-order valence-corrected chi connectivity index (χ4v) is 0.331. The Kier molecular flexibility index (Phi) is 3.23. The molecule has 36 valence electrons. The first-order valence-corrected chi connectivity index (χ1v) is 2.79. The Morgan fingerprint density at radius 1 is 2.00 bits per heavy atom. The molecule has 0 aromatic carbocycles. The normalized spacial score (nSPS) is 11.3. The van der Waals surface area contributed by atoms with Crippen LogP contribution in [0.5, 0.6) is 0 Å². The number of rotatable bonds is 2. The fraction of sp³-hybridized carbons (Fsp3) is 1.00. The third-order valence-corrected chi connectivity index (χ3v) is 0.719. The van der Waals surface area contributed by atoms with Crippen LogP contribution >= 0.6 is 8.03 Å². The minimum Gasteiger partial charge on any atom is -0.338 e. The molecule has 3 nitrogen and oxygen atoms in total. The van der Waals surface area contributed by atoms with Crippen LogP contribution < -0.4 is 0 Å². The molecule has 0 heterocycles. The van der Waals surface area contributed by atoms with Crippen molar-refractivity contribution in [2.24, 2.45) is 0 Å². The zero-order valence-electron chi connectivity index (χ0n) is 3.42. The fourth-order valence-electron chi connectivity index (χ4n) is 0.110. The Morgan fingerprint density at radius 3 is 2.50 bits per heavy atom. The average molecular weight is 109 g/mol. The van der Waals surface area contributed by atoms with Crippen LogP contribution in [0.25, 0.3) is 0 Å². The van der Waals surface area contributed by atoms with Gasteiger partial charge < -0.3 is 4.74 Å². The molecule has 6 heavy (non-hydrogen) atoms. The standard InChI is InChI=1S/C2H5O3P/c1-5-2-6(3)4/h2H2,1H3/p+1. The minimum absolute atomic E-state index is 0.0602. The quantitative estimate of drug-likeness (QED) is 0.519. The first-order valence-electron chi connectivity index (χ1n) is 1.40. The van der Waals surface area contributed by atoms with Crippen LogP contribution in [0.1, 0.15) is 0 Å². The van der Waals surface area contributed by atoms with Gasteiger partial charge in [0, 0.05) is 7.11 Å². The summed E-state index contributed by atoms with van der Waals surface area (Å²) in [4.78, 5) is 7.94. The molecule has 0 rings (SSSR count). The van der Waals surface area contributed by atoms with Gasteiger partial charge in [0.2, 0.25) is 0 Å². The van der Waals surface area contributed by atoms with Crippen molar-refractivity contribution < 1.29 is 14.2 Å². The van der Waals surface area contributed by atoms with Crippen molar-refractivity contribution in [1.82, 2.24) is 0 Å². The highest BCUT2D eigenvalue weighted by molar-refractivity contribution is 7.37. The van der Waals surface area contributed by atoms with E-state index in [0.717, 1.165) is 0 Å². The second-order valence-electron chi connectivity index (χ2n) is 0.770. The number of methoxy groups -OCH3 is 1. The lowest BCUT2D eigenvalue weighted by molar-refractivity contribution is 0.243. The van der Waals surface area contributed by atoms with Crippen LogP contribution in [0, 0.1) is 0 Å². The maximum Gasteiger partial charge on any atom is 0.534 e. The van der Waals surface area contributed by atoms with Crippen molar-refractivity contribution in [3.05, 3.63) is 0 Å². The van der Waals surface area contributed by atoms with E-state index in [-0.39, 0.29) is 6.35 Å². The smallest absolute Gasteiger partial charge is 0.338 e. The lowest BCUT2D eigenvalue weighted by Gasteiger charge is -1.72. The predicted octanol–water partition coefficient (Wildman–Crippen LogP) is 0.325. The topological polar surface area (TPSA) is 46.5 Å². The average Bonchev–Trinajstić information content (AvgIpc) is 1.35. The van der Waals surface area contributed by atoms with Crippen molar-refractivity contribution in [2.75, 3.05) is 13.5 Å². The molecule has 1 atom stereocenters. The molecule has 0 aliphatic carbocycles. The zero-order valence-corrected chi connectivity index (χ0v) is 4.31. The molecule has 0 bridgehead atoms. The van der Waals surface area contributed by atoms with E-state index in [1.165, 1.54) is 7.11 Å². The largest absolute Gasteiger partial charge is 0.534 e. The van der Waals surface area contributed by atoms with Gasteiger partial charge in [-0.05, 0) is 4.57 Å². The molecule has 1 N–H and O–H groups in total. The summed E-state index contributed by atoms with van der Waals surface area (Å²) in [5.74, 6) is 0. The Balaban J connectivity index is 2.83. The Hall–Kier alpha value is 0.0200. The molecule has 0 saturated carbocycles. The maximum absolute atomic E-state index is 9.62. The summed E-state index contributed by atoms with van der Waals surface area (Å²) in [6.07, 6.45) is -0.0602. The summed E-state index contributed by atoms with van der Waals surface area (Å²) in [5, 5.41) is 0. The van der Waals surface area contributed by atoms with Gasteiger partial charge in [-0.15, -0.1) is 0 Å². The van der Waals surface area contributed by atoms with E-state index in [4.69, 9.17) is 4.89 Å². The predicted molar refractivity (Wildman–Crippen MR) is 21.7 cm³/mol. The van der Waals surface area contributed by atoms with E-state index in [1.54, 1.807) is 0 Å². The first kappa shape index (κ1) is 6.02. The summed E-state index contributed by atoms with van der Waals surface area (Å²) in [5.41, 5.74) is 0. The lowest BCUT2D eigenvalue weighted by Crippen LogP contribution is -1.76. The Labute approximate surface area is 36.8 Å². The molecule has 1 unspecified atom stereocenters. The van der Waals surface area contributed by atoms with Crippen LogP contribution in [0.4, 0.5) is 0 Å². The Morgan fingerprint density at radius 2 is 2.50 bits per heavy atom. The van der Waals surface area contributed by atoms with Gasteiger partial charge in [-0.2, -0.15) is 4.89 Å². The lowest BCUT2D eigenvalue weighted by atomic mass is 11.5. The summed E-state index contributed by atoms with van der Waals surface area (Å²) in [6, 6.07) is 0. The van der Waals surface area contributed by atoms with E-state index in [9.17, 15) is 4.57 Å². The Bertz CT molecular complexity index is 52.8. The van der Waals surface area contributed by atoms with Gasteiger partial charge in [0.05, 0.1) is 0 Å². The van der Waals surface area contributed by atoms with Crippen LogP contribution in [0.3, 0.4) is 0 Å². The summed E-state index contributed by atoms with van der Waals surface area (Å²) in [7, 11) is -0.694. The third kappa shape index (κ3) is 4.02. The minimum atomic E-state index is -2.07. The van der Waals surface area contributed by atoms with E-state index < -0.39 is 8.03 Å². The molecule has 0 aliphatic heterocycles. The van der Waals surface area contributed by atoms with Crippen molar-refractivity contribution in [3.8, 4) is 0 Å². The van der Waals surface area contributed by atoms with Gasteiger partial charge >= 0.3 is 8.03 Å². The molecule has 0 amide bonds. The summed E-state index contributed by atoms with van der Waals surface area (Å²) in [6.45, 7) is 0. The monoisotopic (exact) mass is 109 g/mol. The number of hydrogen-bond donors (Lipinski definition) is 1. The van der Waals surface area contributed by atoms with Crippen molar-refractivity contribution >= 4 is 8.03 Å². The van der Waals surface area contributed by atoms with Crippen molar-refractivity contribution in [2.45, 2.75) is 0 Å². The van der Waals surface area contributed by atoms with Crippen molar-refractivity contribution in [1.29, 1.82) is 0 Å². The van der Waals surface area contributed by atoms with Crippen LogP contribution in [0.15, 0.2) is 0 Å². The molecule has 0 aliphatic rings. The summed E-state index contributed by atoms with van der Waals surface area (Å²) < 4.78 is 13.9. The van der Waals surface area contributed by atoms with Crippen LogP contribution in [-0.2, 0) is 9.30 Å². The van der Waals surface area contributed by atoms with Gasteiger partial charge in [0.1, 0.15) is 0 Å². The van der Waals surface area contributed by atoms with Gasteiger partial charge in [-0.3, -0.25) is 0 Å². The van der Waals surface area contributed by atoms with E-state index in [1.807, 2.05) is 0 Å². The van der Waals surface area contributed by atoms with Gasteiger partial charge in [-0.25, -0.2) is 0 Å². The highest BCUT2D eigenvalue weighted by atomic mass is 31.1. The number of hydrogen-bond acceptors (Lipinski definition) is 2. The molecule has 0 fully saturated rings. The molecule has 0 aromatic rings. The van der Waals surface area contributed by atoms with E-state index >= 15 is 0 Å². The van der Waals surface area contributed by atoms with E-state index in [2.05, 4.69) is 4.74 Å². The van der Waals surface area contributed by atoms with Gasteiger partial charge in [-0.1, -0.05) is 0 Å². The molecular formula is C2H6O3P+.